The Morgan fingerprint density at radius 1 is 1.50 bits per heavy atom. The third kappa shape index (κ3) is 2.53. The molecule has 1 aliphatic rings. The van der Waals surface area contributed by atoms with Crippen molar-refractivity contribution in [1.29, 1.82) is 0 Å². The summed E-state index contributed by atoms with van der Waals surface area (Å²) in [6.07, 6.45) is 4.25. The Morgan fingerprint density at radius 2 is 2.30 bits per heavy atom. The number of rotatable bonds is 5. The van der Waals surface area contributed by atoms with E-state index in [0.717, 1.165) is 5.69 Å². The van der Waals surface area contributed by atoms with Gasteiger partial charge in [0.2, 0.25) is 0 Å². The predicted molar refractivity (Wildman–Crippen MR) is 72.6 cm³/mol. The number of nitrogens with one attached hydrogen (secondary N) is 1. The maximum atomic E-state index is 10.9. The van der Waals surface area contributed by atoms with Crippen molar-refractivity contribution in [2.75, 3.05) is 0 Å². The Kier molecular flexibility index (Phi) is 3.19. The topological polar surface area (TPSA) is 85.9 Å². The van der Waals surface area contributed by atoms with E-state index < -0.39 is 0 Å². The van der Waals surface area contributed by atoms with Crippen LogP contribution < -0.4 is 5.32 Å². The number of nitrogens with zero attached hydrogens (tertiary/aromatic N) is 4. The van der Waals surface area contributed by atoms with E-state index in [2.05, 4.69) is 15.6 Å². The number of nitro benzene ring substituents is 1. The van der Waals surface area contributed by atoms with Crippen LogP contribution in [0.1, 0.15) is 24.1 Å². The predicted octanol–water partition coefficient (Wildman–Crippen LogP) is 1.74. The Morgan fingerprint density at radius 3 is 3.00 bits per heavy atom. The summed E-state index contributed by atoms with van der Waals surface area (Å²) >= 11 is 0. The zero-order chi connectivity index (χ0) is 14.1. The summed E-state index contributed by atoms with van der Waals surface area (Å²) in [7, 11) is 0. The molecular weight excluding hydrogens is 258 g/mol. The van der Waals surface area contributed by atoms with Crippen molar-refractivity contribution >= 4 is 5.69 Å². The summed E-state index contributed by atoms with van der Waals surface area (Å²) in [6, 6.07) is 5.56. The molecule has 0 radical (unpaired) electrons. The van der Waals surface area contributed by atoms with Crippen LogP contribution in [-0.2, 0) is 6.54 Å². The van der Waals surface area contributed by atoms with Crippen LogP contribution in [0.3, 0.4) is 0 Å². The van der Waals surface area contributed by atoms with Crippen LogP contribution in [0.4, 0.5) is 5.69 Å². The first kappa shape index (κ1) is 12.7. The van der Waals surface area contributed by atoms with Crippen molar-refractivity contribution in [3.8, 4) is 5.69 Å². The minimum atomic E-state index is -0.384. The molecule has 1 aromatic heterocycles. The van der Waals surface area contributed by atoms with E-state index in [1.807, 2.05) is 0 Å². The Balaban J connectivity index is 1.84. The van der Waals surface area contributed by atoms with E-state index in [1.54, 1.807) is 29.9 Å². The lowest BCUT2D eigenvalue weighted by Crippen LogP contribution is -2.15. The number of hydrogen-bond donors (Lipinski definition) is 1. The van der Waals surface area contributed by atoms with Crippen LogP contribution in [0.2, 0.25) is 0 Å². The smallest absolute Gasteiger partial charge is 0.274 e. The van der Waals surface area contributed by atoms with Gasteiger partial charge in [0.15, 0.2) is 0 Å². The van der Waals surface area contributed by atoms with E-state index in [4.69, 9.17) is 0 Å². The molecule has 3 rings (SSSR count). The number of hydrogen-bond acceptors (Lipinski definition) is 5. The largest absolute Gasteiger partial charge is 0.308 e. The highest BCUT2D eigenvalue weighted by molar-refractivity contribution is 5.52. The van der Waals surface area contributed by atoms with Gasteiger partial charge < -0.3 is 5.32 Å². The minimum absolute atomic E-state index is 0.0932. The fraction of sp³-hybridized carbons (Fsp3) is 0.385. The van der Waals surface area contributed by atoms with Gasteiger partial charge in [-0.05, 0) is 25.8 Å². The second kappa shape index (κ2) is 5.01. The number of aromatic nitrogens is 3. The van der Waals surface area contributed by atoms with Gasteiger partial charge in [0.25, 0.3) is 5.69 Å². The minimum Gasteiger partial charge on any atom is -0.308 e. The zero-order valence-corrected chi connectivity index (χ0v) is 11.1. The van der Waals surface area contributed by atoms with E-state index in [9.17, 15) is 10.1 Å². The van der Waals surface area contributed by atoms with Crippen LogP contribution in [0, 0.1) is 17.0 Å². The normalized spacial score (nSPS) is 14.4. The third-order valence-electron chi connectivity index (χ3n) is 3.41. The number of nitro groups is 1. The molecular formula is C13H15N5O2. The van der Waals surface area contributed by atoms with Crippen LogP contribution in [0.25, 0.3) is 5.69 Å². The van der Waals surface area contributed by atoms with Crippen LogP contribution in [-0.4, -0.2) is 26.0 Å². The molecule has 0 bridgehead atoms. The fourth-order valence-electron chi connectivity index (χ4n) is 2.09. The average molecular weight is 273 g/mol. The van der Waals surface area contributed by atoms with Gasteiger partial charge in [0, 0.05) is 18.7 Å². The zero-order valence-electron chi connectivity index (χ0n) is 11.1. The first-order valence-corrected chi connectivity index (χ1v) is 6.54. The number of benzene rings is 1. The van der Waals surface area contributed by atoms with Crippen LogP contribution in [0.5, 0.6) is 0 Å². The Bertz CT molecular complexity index is 648. The molecule has 7 heteroatoms. The van der Waals surface area contributed by atoms with Gasteiger partial charge in [-0.1, -0.05) is 11.3 Å². The SMILES string of the molecule is Cc1c(-n2cc(CNC3CC3)nn2)cccc1[N+](=O)[O-]. The third-order valence-corrected chi connectivity index (χ3v) is 3.41. The van der Waals surface area contributed by atoms with E-state index in [-0.39, 0.29) is 10.6 Å². The first-order chi connectivity index (χ1) is 9.65. The molecule has 1 fully saturated rings. The quantitative estimate of drug-likeness (QED) is 0.662. The lowest BCUT2D eigenvalue weighted by molar-refractivity contribution is -0.385. The fourth-order valence-corrected chi connectivity index (χ4v) is 2.09. The van der Waals surface area contributed by atoms with Gasteiger partial charge in [-0.25, -0.2) is 4.68 Å². The van der Waals surface area contributed by atoms with Crippen molar-refractivity contribution in [1.82, 2.24) is 20.3 Å². The lowest BCUT2D eigenvalue weighted by atomic mass is 10.1. The van der Waals surface area contributed by atoms with E-state index in [0.29, 0.717) is 23.8 Å². The molecule has 1 N–H and O–H groups in total. The van der Waals surface area contributed by atoms with E-state index >= 15 is 0 Å². The van der Waals surface area contributed by atoms with Crippen molar-refractivity contribution in [3.05, 3.63) is 45.8 Å². The summed E-state index contributed by atoms with van der Waals surface area (Å²) in [5.41, 5.74) is 2.20. The monoisotopic (exact) mass is 273 g/mol. The van der Waals surface area contributed by atoms with Crippen molar-refractivity contribution in [2.24, 2.45) is 0 Å². The summed E-state index contributed by atoms with van der Waals surface area (Å²) in [4.78, 5) is 10.6. The van der Waals surface area contributed by atoms with Gasteiger partial charge >= 0.3 is 0 Å². The highest BCUT2D eigenvalue weighted by Gasteiger charge is 2.21. The molecule has 7 nitrogen and oxygen atoms in total. The maximum absolute atomic E-state index is 10.9. The Labute approximate surface area is 115 Å². The summed E-state index contributed by atoms with van der Waals surface area (Å²) < 4.78 is 1.59. The standard InChI is InChI=1S/C13H15N5O2/c1-9-12(3-2-4-13(9)18(19)20)17-8-11(15-16-17)7-14-10-5-6-10/h2-4,8,10,14H,5-7H2,1H3. The lowest BCUT2D eigenvalue weighted by Gasteiger charge is -2.04. The van der Waals surface area contributed by atoms with E-state index in [1.165, 1.54) is 18.9 Å². The van der Waals surface area contributed by atoms with Crippen molar-refractivity contribution in [2.45, 2.75) is 32.4 Å². The van der Waals surface area contributed by atoms with Gasteiger partial charge in [-0.2, -0.15) is 0 Å². The highest BCUT2D eigenvalue weighted by atomic mass is 16.6. The maximum Gasteiger partial charge on any atom is 0.274 e. The summed E-state index contributed by atoms with van der Waals surface area (Å²) in [6.45, 7) is 2.40. The highest BCUT2D eigenvalue weighted by Crippen LogP contribution is 2.23. The second-order valence-corrected chi connectivity index (χ2v) is 4.99. The van der Waals surface area contributed by atoms with Gasteiger partial charge in [-0.15, -0.1) is 5.10 Å². The summed E-state index contributed by atoms with van der Waals surface area (Å²) in [5.74, 6) is 0. The first-order valence-electron chi connectivity index (χ1n) is 6.54. The van der Waals surface area contributed by atoms with Gasteiger partial charge in [-0.3, -0.25) is 10.1 Å². The van der Waals surface area contributed by atoms with Crippen LogP contribution >= 0.6 is 0 Å². The molecule has 104 valence electrons. The second-order valence-electron chi connectivity index (χ2n) is 4.99. The van der Waals surface area contributed by atoms with Gasteiger partial charge in [0.1, 0.15) is 0 Å². The molecule has 2 aromatic rings. The molecule has 0 saturated heterocycles. The molecule has 0 amide bonds. The molecule has 1 saturated carbocycles. The van der Waals surface area contributed by atoms with Crippen molar-refractivity contribution < 1.29 is 4.92 Å². The molecule has 1 aromatic carbocycles. The van der Waals surface area contributed by atoms with Gasteiger partial charge in [0.05, 0.1) is 28.1 Å². The van der Waals surface area contributed by atoms with Crippen molar-refractivity contribution in [3.63, 3.8) is 0 Å². The molecule has 0 spiro atoms. The molecule has 0 aliphatic heterocycles. The molecule has 1 aliphatic carbocycles. The molecule has 20 heavy (non-hydrogen) atoms. The average Bonchev–Trinajstić information content (AvgIpc) is 3.14. The molecule has 1 heterocycles. The molecule has 0 unspecified atom stereocenters. The summed E-state index contributed by atoms with van der Waals surface area (Å²) in [5, 5.41) is 22.4. The van der Waals surface area contributed by atoms with Crippen LogP contribution in [0.15, 0.2) is 24.4 Å². The Hall–Kier alpha value is -2.28. The molecule has 0 atom stereocenters.